The largest absolute Gasteiger partial charge is 0.420 e. The molecule has 0 aliphatic heterocycles. The Morgan fingerprint density at radius 3 is 2.74 bits per heavy atom. The molecule has 3 aromatic rings. The zero-order chi connectivity index (χ0) is 16.4. The number of amides is 1. The molecule has 0 aliphatic carbocycles. The van der Waals surface area contributed by atoms with Gasteiger partial charge < -0.3 is 9.73 Å². The molecule has 1 amide bonds. The predicted octanol–water partition coefficient (Wildman–Crippen LogP) is 4.31. The highest BCUT2D eigenvalue weighted by Gasteiger charge is 2.19. The quantitative estimate of drug-likeness (QED) is 0.773. The zero-order valence-electron chi connectivity index (χ0n) is 12.5. The van der Waals surface area contributed by atoms with E-state index in [-0.39, 0.29) is 11.5 Å². The van der Waals surface area contributed by atoms with E-state index in [4.69, 9.17) is 4.42 Å². The van der Waals surface area contributed by atoms with E-state index in [2.05, 4.69) is 15.5 Å². The molecule has 0 unspecified atom stereocenters. The molecule has 3 rings (SSSR count). The van der Waals surface area contributed by atoms with Gasteiger partial charge in [-0.1, -0.05) is 26.0 Å². The SMILES string of the molecule is CC(C)c1nnc(-c2sccc2NC(=O)c2ccccc2F)o1. The Hall–Kier alpha value is -2.54. The number of halogens is 1. The molecule has 0 saturated carbocycles. The number of carbonyl (C=O) groups excluding carboxylic acids is 1. The van der Waals surface area contributed by atoms with Gasteiger partial charge >= 0.3 is 0 Å². The third-order valence-electron chi connectivity index (χ3n) is 3.16. The van der Waals surface area contributed by atoms with Crippen LogP contribution in [-0.4, -0.2) is 16.1 Å². The standard InChI is InChI=1S/C16H14FN3O2S/c1-9(2)15-19-20-16(22-15)13-12(7-8-23-13)18-14(21)10-5-3-4-6-11(10)17/h3-9H,1-2H3,(H,18,21). The van der Waals surface area contributed by atoms with Gasteiger partial charge in [-0.05, 0) is 23.6 Å². The van der Waals surface area contributed by atoms with Crippen LogP contribution in [0.1, 0.15) is 36.0 Å². The summed E-state index contributed by atoms with van der Waals surface area (Å²) >= 11 is 1.36. The van der Waals surface area contributed by atoms with Crippen LogP contribution in [0.5, 0.6) is 0 Å². The van der Waals surface area contributed by atoms with Crippen molar-refractivity contribution in [1.82, 2.24) is 10.2 Å². The van der Waals surface area contributed by atoms with E-state index in [1.165, 1.54) is 29.5 Å². The Morgan fingerprint density at radius 1 is 1.26 bits per heavy atom. The Labute approximate surface area is 136 Å². The van der Waals surface area contributed by atoms with Crippen LogP contribution in [0.3, 0.4) is 0 Å². The van der Waals surface area contributed by atoms with E-state index < -0.39 is 11.7 Å². The van der Waals surface area contributed by atoms with Crippen molar-refractivity contribution < 1.29 is 13.6 Å². The Morgan fingerprint density at radius 2 is 2.04 bits per heavy atom. The van der Waals surface area contributed by atoms with Gasteiger partial charge in [-0.25, -0.2) is 4.39 Å². The lowest BCUT2D eigenvalue weighted by molar-refractivity contribution is 0.102. The molecule has 0 atom stereocenters. The van der Waals surface area contributed by atoms with Crippen LogP contribution in [0.2, 0.25) is 0 Å². The number of hydrogen-bond donors (Lipinski definition) is 1. The lowest BCUT2D eigenvalue weighted by Gasteiger charge is -2.05. The first-order chi connectivity index (χ1) is 11.1. The van der Waals surface area contributed by atoms with E-state index in [1.807, 2.05) is 13.8 Å². The first kappa shape index (κ1) is 15.4. The number of aromatic nitrogens is 2. The average Bonchev–Trinajstić information content (AvgIpc) is 3.16. The van der Waals surface area contributed by atoms with Crippen molar-refractivity contribution in [3.05, 3.63) is 53.0 Å². The summed E-state index contributed by atoms with van der Waals surface area (Å²) in [7, 11) is 0. The number of rotatable bonds is 4. The summed E-state index contributed by atoms with van der Waals surface area (Å²) in [5, 5.41) is 12.5. The molecule has 0 spiro atoms. The average molecular weight is 331 g/mol. The fraction of sp³-hybridized carbons (Fsp3) is 0.188. The number of benzene rings is 1. The van der Waals surface area contributed by atoms with E-state index >= 15 is 0 Å². The van der Waals surface area contributed by atoms with Gasteiger partial charge in [-0.2, -0.15) is 0 Å². The van der Waals surface area contributed by atoms with Crippen molar-refractivity contribution in [3.8, 4) is 10.8 Å². The second-order valence-electron chi connectivity index (χ2n) is 5.20. The van der Waals surface area contributed by atoms with Gasteiger partial charge in [0, 0.05) is 5.92 Å². The number of thiophene rings is 1. The summed E-state index contributed by atoms with van der Waals surface area (Å²) in [6.45, 7) is 3.90. The van der Waals surface area contributed by atoms with E-state index in [0.29, 0.717) is 22.3 Å². The van der Waals surface area contributed by atoms with Crippen LogP contribution in [0.4, 0.5) is 10.1 Å². The van der Waals surface area contributed by atoms with E-state index in [1.54, 1.807) is 17.5 Å². The molecule has 0 aliphatic rings. The van der Waals surface area contributed by atoms with Crippen LogP contribution < -0.4 is 5.32 Å². The number of nitrogens with one attached hydrogen (secondary N) is 1. The maximum Gasteiger partial charge on any atom is 0.259 e. The number of anilines is 1. The monoisotopic (exact) mass is 331 g/mol. The van der Waals surface area contributed by atoms with Gasteiger partial charge in [-0.15, -0.1) is 21.5 Å². The summed E-state index contributed by atoms with van der Waals surface area (Å²) in [6.07, 6.45) is 0. The van der Waals surface area contributed by atoms with Crippen molar-refractivity contribution >= 4 is 22.9 Å². The smallest absolute Gasteiger partial charge is 0.259 e. The highest BCUT2D eigenvalue weighted by atomic mass is 32.1. The van der Waals surface area contributed by atoms with Crippen molar-refractivity contribution in [3.63, 3.8) is 0 Å². The molecular weight excluding hydrogens is 317 g/mol. The van der Waals surface area contributed by atoms with Crippen LogP contribution >= 0.6 is 11.3 Å². The number of hydrogen-bond acceptors (Lipinski definition) is 5. The molecule has 0 saturated heterocycles. The van der Waals surface area contributed by atoms with Gasteiger partial charge in [0.05, 0.1) is 11.3 Å². The summed E-state index contributed by atoms with van der Waals surface area (Å²) in [4.78, 5) is 12.9. The van der Waals surface area contributed by atoms with Crippen molar-refractivity contribution in [2.75, 3.05) is 5.32 Å². The van der Waals surface area contributed by atoms with Gasteiger partial charge in [0.2, 0.25) is 5.89 Å². The summed E-state index contributed by atoms with van der Waals surface area (Å²) in [5.41, 5.74) is 0.500. The first-order valence-electron chi connectivity index (χ1n) is 7.03. The normalized spacial score (nSPS) is 11.0. The fourth-order valence-electron chi connectivity index (χ4n) is 1.97. The zero-order valence-corrected chi connectivity index (χ0v) is 13.4. The Balaban J connectivity index is 1.86. The van der Waals surface area contributed by atoms with Gasteiger partial charge in [-0.3, -0.25) is 4.79 Å². The van der Waals surface area contributed by atoms with Crippen LogP contribution in [0.25, 0.3) is 10.8 Å². The summed E-state index contributed by atoms with van der Waals surface area (Å²) in [6, 6.07) is 7.54. The molecule has 1 aromatic carbocycles. The minimum Gasteiger partial charge on any atom is -0.420 e. The lowest BCUT2D eigenvalue weighted by Crippen LogP contribution is -2.13. The summed E-state index contributed by atoms with van der Waals surface area (Å²) in [5.74, 6) is -0.104. The second-order valence-corrected chi connectivity index (χ2v) is 6.11. The van der Waals surface area contributed by atoms with E-state index in [9.17, 15) is 9.18 Å². The molecule has 2 heterocycles. The van der Waals surface area contributed by atoms with Crippen LogP contribution in [-0.2, 0) is 0 Å². The van der Waals surface area contributed by atoms with Crippen molar-refractivity contribution in [1.29, 1.82) is 0 Å². The van der Waals surface area contributed by atoms with Gasteiger partial charge in [0.15, 0.2) is 0 Å². The molecular formula is C16H14FN3O2S. The molecule has 5 nitrogen and oxygen atoms in total. The number of carbonyl (C=O) groups is 1. The van der Waals surface area contributed by atoms with Crippen LogP contribution in [0.15, 0.2) is 40.1 Å². The molecule has 7 heteroatoms. The lowest BCUT2D eigenvalue weighted by atomic mass is 10.2. The minimum atomic E-state index is -0.568. The number of nitrogens with zero attached hydrogens (tertiary/aromatic N) is 2. The minimum absolute atomic E-state index is 0.0157. The Bertz CT molecular complexity index is 841. The van der Waals surface area contributed by atoms with Gasteiger partial charge in [0.25, 0.3) is 11.8 Å². The van der Waals surface area contributed by atoms with Crippen molar-refractivity contribution in [2.45, 2.75) is 19.8 Å². The van der Waals surface area contributed by atoms with Gasteiger partial charge in [0.1, 0.15) is 10.7 Å². The molecule has 2 aromatic heterocycles. The summed E-state index contributed by atoms with van der Waals surface area (Å²) < 4.78 is 19.3. The molecule has 0 radical (unpaired) electrons. The first-order valence-corrected chi connectivity index (χ1v) is 7.91. The topological polar surface area (TPSA) is 68.0 Å². The van der Waals surface area contributed by atoms with E-state index in [0.717, 1.165) is 0 Å². The van der Waals surface area contributed by atoms with Crippen LogP contribution in [0, 0.1) is 5.82 Å². The Kier molecular flexibility index (Phi) is 4.20. The highest BCUT2D eigenvalue weighted by Crippen LogP contribution is 2.33. The van der Waals surface area contributed by atoms with Crippen molar-refractivity contribution in [2.24, 2.45) is 0 Å². The third kappa shape index (κ3) is 3.14. The maximum atomic E-state index is 13.7. The third-order valence-corrected chi connectivity index (χ3v) is 4.06. The highest BCUT2D eigenvalue weighted by molar-refractivity contribution is 7.14. The molecule has 1 N–H and O–H groups in total. The molecule has 23 heavy (non-hydrogen) atoms. The fourth-order valence-corrected chi connectivity index (χ4v) is 2.74. The molecule has 0 fully saturated rings. The predicted molar refractivity (Wildman–Crippen MR) is 86.1 cm³/mol. The maximum absolute atomic E-state index is 13.7. The molecule has 118 valence electrons. The second kappa shape index (κ2) is 6.29. The molecule has 0 bridgehead atoms.